The van der Waals surface area contributed by atoms with Crippen LogP contribution in [0.3, 0.4) is 0 Å². The average molecular weight is 1850 g/mol. The van der Waals surface area contributed by atoms with Gasteiger partial charge in [-0.3, -0.25) is 38.8 Å². The van der Waals surface area contributed by atoms with Crippen molar-refractivity contribution in [3.63, 3.8) is 0 Å². The van der Waals surface area contributed by atoms with Crippen LogP contribution in [0.15, 0.2) is 97.5 Å². The number of benzene rings is 4. The molecule has 4 unspecified atom stereocenters. The predicted octanol–water partition coefficient (Wildman–Crippen LogP) is -3.29. The highest BCUT2D eigenvalue weighted by atomic mass is 19.1. The summed E-state index contributed by atoms with van der Waals surface area (Å²) in [6.07, 6.45) is 4.51. The van der Waals surface area contributed by atoms with E-state index in [1.807, 2.05) is 32.2 Å². The van der Waals surface area contributed by atoms with E-state index in [4.69, 9.17) is 23.4 Å². The minimum absolute atomic E-state index is 0.0233. The molecule has 132 heavy (non-hydrogen) atoms. The number of ketones is 1. The number of phenols is 2. The molecular formula is C91H109F2N9O30-8. The van der Waals surface area contributed by atoms with Crippen molar-refractivity contribution in [1.82, 2.24) is 40.9 Å². The van der Waals surface area contributed by atoms with Gasteiger partial charge in [-0.1, -0.05) is 52.7 Å². The van der Waals surface area contributed by atoms with Gasteiger partial charge in [-0.15, -0.1) is 0 Å². The first-order valence-electron chi connectivity index (χ1n) is 42.7. The molecule has 4 aromatic carbocycles. The number of nitrogens with one attached hydrogen (secondary N) is 4. The fourth-order valence-electron chi connectivity index (χ4n) is 14.8. The summed E-state index contributed by atoms with van der Waals surface area (Å²) in [6, 6.07) is 11.3. The van der Waals surface area contributed by atoms with Gasteiger partial charge in [0.2, 0.25) is 23.5 Å². The lowest BCUT2D eigenvalue weighted by molar-refractivity contribution is -0.317. The number of aromatic hydroxyl groups is 2. The molecule has 720 valence electrons. The summed E-state index contributed by atoms with van der Waals surface area (Å²) < 4.78 is 48.4. The van der Waals surface area contributed by atoms with Crippen molar-refractivity contribution < 1.29 is 135 Å². The van der Waals surface area contributed by atoms with Crippen LogP contribution in [0.5, 0.6) is 11.5 Å². The molecular weight excluding hydrogens is 1740 g/mol. The Labute approximate surface area is 755 Å². The molecule has 0 bridgehead atoms. The lowest BCUT2D eigenvalue weighted by Crippen LogP contribution is -2.51. The second-order valence-corrected chi connectivity index (χ2v) is 31.2. The number of nitrogen functional groups attached to an aromatic ring is 1. The number of nitrogens with two attached hydrogens (primary N) is 1. The molecule has 4 atom stereocenters. The van der Waals surface area contributed by atoms with Gasteiger partial charge in [0.1, 0.15) is 28.3 Å². The highest BCUT2D eigenvalue weighted by Gasteiger charge is 2.27. The standard InChI is InChI=1S/C24H32N2O7.C23H31N3O7.C22H26F2N2O8.C22H28N2O8/c1-3-26(15-22(28)29)20(24(31)32)8-6-4-5-7-18(27)12-17-13-23(30)33-21-11-16(14-25-2)9-10-19(17)21;1-4-26(12-21(28)29)18(22(30)31)7-5-6-8-25-20(27)10-16-14(3)15-9-13(2)17(24)11-19(15)33-23(16)32;1-3-26(10-17(28)29)15(21(31)32)6-4-5-7-25-16(27)9-13-11(2)12-8-14(23)19(30)18(24)20(12)34-22(13)33;1-3-24(12-20(27)28)17(21(29)30)6-4-5-9-23-19(26)11-16-13(2)15-8-7-14(25)10-18(15)32-22(16)31/h9-11,13,20,25H,3-8,12,14-15H2,1-2H3,(H,28,29)(H,31,32);9,11,18H,4-8,10,12,24H2,1-3H3,(H,25,27)(H,28,29)(H,30,31);8,15,30H,3-7,9-10H2,1-2H3,(H,25,27)(H,28,29)(H,31,32);7-8,10,17,25H,3-6,9,11-12H2,1-2H3,(H,23,26)(H,27,28)(H,29,30)/p-8. The number of amides is 3. The number of phenolic OH excluding ortho intramolecular Hbond substituents is 2. The molecule has 3 amide bonds. The van der Waals surface area contributed by atoms with Gasteiger partial charge in [0, 0.05) is 135 Å². The van der Waals surface area contributed by atoms with Crippen LogP contribution in [0.25, 0.3) is 43.9 Å². The Hall–Kier alpha value is -13.4. The number of unbranched alkanes of at least 4 members (excludes halogenated alkanes) is 5. The lowest BCUT2D eigenvalue weighted by atomic mass is 9.99. The van der Waals surface area contributed by atoms with E-state index in [0.29, 0.717) is 110 Å². The van der Waals surface area contributed by atoms with E-state index in [1.165, 1.54) is 44.7 Å². The summed E-state index contributed by atoms with van der Waals surface area (Å²) in [5.41, 5.74) is 8.25. The number of fused-ring (bicyclic) bond motifs is 4. The number of likely N-dealkylation sites (N-methyl/N-ethyl adjacent to an activating group) is 4. The maximum Gasteiger partial charge on any atom is 0.340 e. The monoisotopic (exact) mass is 1850 g/mol. The number of carboxylic acids is 8. The Morgan fingerprint density at radius 1 is 0.432 bits per heavy atom. The third-order valence-corrected chi connectivity index (χ3v) is 22.0. The van der Waals surface area contributed by atoms with E-state index in [0.717, 1.165) is 28.0 Å². The van der Waals surface area contributed by atoms with Crippen molar-refractivity contribution >= 4 is 121 Å². The second kappa shape index (κ2) is 53.7. The number of nitrogens with zero attached hydrogens (tertiary/aromatic N) is 4. The number of hydrogen-bond donors (Lipinski definition) is 7. The molecule has 0 radical (unpaired) electrons. The molecule has 0 fully saturated rings. The van der Waals surface area contributed by atoms with Gasteiger partial charge in [0.15, 0.2) is 17.1 Å². The Balaban J connectivity index is 0.000000311. The molecule has 39 nitrogen and oxygen atoms in total. The summed E-state index contributed by atoms with van der Waals surface area (Å²) in [4.78, 5) is 192. The molecule has 8 rings (SSSR count). The van der Waals surface area contributed by atoms with Gasteiger partial charge in [-0.25, -0.2) is 23.6 Å². The molecule has 0 aliphatic rings. The number of hydrogen-bond acceptors (Lipinski definition) is 36. The molecule has 0 aliphatic carbocycles. The SMILES string of the molecule is CCN(CC(=O)[O-])C(CCCCCC(=O)Cc1cc(=O)oc2cc(CNC)ccc12)C(=O)[O-].CCN(CC(=O)[O-])C(CCCCNC(=O)Cc1c(C)c2cc(C)c(N)cc2oc1=O)C(=O)[O-].CCN(CC(=O)[O-])C(CCCCNC(=O)Cc1c(C)c2cc(F)c(O)c(F)c2oc1=O)C(=O)[O-].CCN(CC(=O)[O-])C(CCCCNC(=O)Cc1c(C)c2ccc(O)cc2oc1=O)C(=O)[O-]. The largest absolute Gasteiger partial charge is 0.549 e. The zero-order valence-electron chi connectivity index (χ0n) is 74.7. The van der Waals surface area contributed by atoms with E-state index < -0.39 is 156 Å². The minimum atomic E-state index is -1.41. The summed E-state index contributed by atoms with van der Waals surface area (Å²) in [7, 11) is 1.82. The van der Waals surface area contributed by atoms with Crippen molar-refractivity contribution in [1.29, 1.82) is 0 Å². The Morgan fingerprint density at radius 2 is 0.811 bits per heavy atom. The first-order chi connectivity index (χ1) is 62.4. The molecule has 8 aromatic rings. The van der Waals surface area contributed by atoms with Crippen LogP contribution >= 0.6 is 0 Å². The fraction of sp³-hybridized carbons (Fsp3) is 0.473. The first kappa shape index (κ1) is 109. The summed E-state index contributed by atoms with van der Waals surface area (Å²) in [5.74, 6) is -16.2. The van der Waals surface area contributed by atoms with E-state index in [-0.39, 0.29) is 147 Å². The number of rotatable bonds is 51. The number of aliphatic carboxylic acids is 8. The molecule has 0 aliphatic heterocycles. The first-order valence-corrected chi connectivity index (χ1v) is 42.7. The van der Waals surface area contributed by atoms with Crippen molar-refractivity contribution in [3.05, 3.63) is 164 Å². The normalized spacial score (nSPS) is 12.1. The zero-order valence-corrected chi connectivity index (χ0v) is 74.7. The van der Waals surface area contributed by atoms with Crippen LogP contribution in [0.2, 0.25) is 0 Å². The van der Waals surface area contributed by atoms with Crippen LogP contribution < -0.4 is 90.4 Å². The molecule has 0 saturated heterocycles. The van der Waals surface area contributed by atoms with Crippen molar-refractivity contribution in [2.75, 3.05) is 84.8 Å². The second-order valence-electron chi connectivity index (χ2n) is 31.2. The van der Waals surface area contributed by atoms with Crippen molar-refractivity contribution in [2.24, 2.45) is 0 Å². The average Bonchev–Trinajstić information content (AvgIpc) is 0.727. The lowest BCUT2D eigenvalue weighted by Gasteiger charge is -2.31. The van der Waals surface area contributed by atoms with Crippen LogP contribution in [-0.2, 0) is 89.8 Å². The number of aryl methyl sites for hydroxylation is 4. The van der Waals surface area contributed by atoms with Gasteiger partial charge < -0.3 is 134 Å². The Morgan fingerprint density at radius 3 is 1.21 bits per heavy atom. The summed E-state index contributed by atoms with van der Waals surface area (Å²) in [5, 5.41) is 120. The maximum atomic E-state index is 14.0. The van der Waals surface area contributed by atoms with Gasteiger partial charge in [0.25, 0.3) is 0 Å². The van der Waals surface area contributed by atoms with Gasteiger partial charge in [0.05, 0.1) is 83.7 Å². The van der Waals surface area contributed by atoms with Gasteiger partial charge >= 0.3 is 22.5 Å². The molecule has 4 aromatic heterocycles. The molecule has 0 spiro atoms. The highest BCUT2D eigenvalue weighted by molar-refractivity contribution is 5.91. The highest BCUT2D eigenvalue weighted by Crippen LogP contribution is 2.32. The quantitative estimate of drug-likeness (QED) is 0.0112. The fourth-order valence-corrected chi connectivity index (χ4v) is 14.8. The predicted molar refractivity (Wildman–Crippen MR) is 457 cm³/mol. The topological polar surface area (TPSA) is 638 Å². The third kappa shape index (κ3) is 33.5. The number of carbonyl (C=O) groups is 12. The zero-order chi connectivity index (χ0) is 98.5. The van der Waals surface area contributed by atoms with Crippen molar-refractivity contribution in [2.45, 2.75) is 202 Å². The van der Waals surface area contributed by atoms with E-state index >= 15 is 0 Å². The van der Waals surface area contributed by atoms with Crippen LogP contribution in [-0.4, -0.2) is 204 Å². The molecule has 0 saturated carbocycles. The van der Waals surface area contributed by atoms with Crippen LogP contribution in [0.4, 0.5) is 14.5 Å². The minimum Gasteiger partial charge on any atom is -0.549 e. The Kier molecular flexibility index (Phi) is 44.4. The number of halogens is 2. The third-order valence-electron chi connectivity index (χ3n) is 22.0. The van der Waals surface area contributed by atoms with E-state index in [1.54, 1.807) is 59.7 Å². The smallest absolute Gasteiger partial charge is 0.340 e. The summed E-state index contributed by atoms with van der Waals surface area (Å²) in [6.45, 7) is 13.4. The number of Topliss-reactive ketones (excluding diaryl/α,β-unsaturated/α-hetero) is 1. The van der Waals surface area contributed by atoms with Crippen LogP contribution in [0.1, 0.15) is 168 Å². The van der Waals surface area contributed by atoms with Crippen LogP contribution in [0, 0.1) is 39.3 Å². The number of anilines is 1. The molecule has 4 heterocycles. The summed E-state index contributed by atoms with van der Waals surface area (Å²) >= 11 is 0. The van der Waals surface area contributed by atoms with Crippen molar-refractivity contribution in [3.8, 4) is 11.5 Å². The number of carboxylic acid groups (broad SMARTS) is 8. The van der Waals surface area contributed by atoms with Gasteiger partial charge in [-0.05, 0) is 195 Å². The number of carbonyl (C=O) groups excluding carboxylic acids is 12. The van der Waals surface area contributed by atoms with E-state index in [9.17, 15) is 137 Å². The Bertz CT molecular complexity index is 5690. The van der Waals surface area contributed by atoms with Gasteiger partial charge in [-0.2, -0.15) is 4.39 Å². The molecule has 8 N–H and O–H groups in total. The van der Waals surface area contributed by atoms with E-state index in [2.05, 4.69) is 21.3 Å². The maximum absolute atomic E-state index is 14.0. The molecule has 41 heteroatoms.